The van der Waals surface area contributed by atoms with Crippen molar-refractivity contribution in [1.29, 1.82) is 0 Å². The zero-order valence-corrected chi connectivity index (χ0v) is 18.8. The highest BCUT2D eigenvalue weighted by molar-refractivity contribution is 7.89. The predicted molar refractivity (Wildman–Crippen MR) is 121 cm³/mol. The van der Waals surface area contributed by atoms with Gasteiger partial charge in [-0.3, -0.25) is 0 Å². The van der Waals surface area contributed by atoms with Crippen LogP contribution in [0, 0.1) is 0 Å². The fraction of sp³-hybridized carbons (Fsp3) is 0.455. The van der Waals surface area contributed by atoms with Gasteiger partial charge >= 0.3 is 0 Å². The van der Waals surface area contributed by atoms with Gasteiger partial charge in [0.05, 0.1) is 10.3 Å². The lowest BCUT2D eigenvalue weighted by Crippen LogP contribution is -2.49. The van der Waals surface area contributed by atoms with Gasteiger partial charge in [0.2, 0.25) is 10.0 Å². The van der Waals surface area contributed by atoms with Gasteiger partial charge in [0, 0.05) is 37.5 Å². The Hall–Kier alpha value is -2.03. The Morgan fingerprint density at radius 2 is 1.73 bits per heavy atom. The molecule has 0 atom stereocenters. The standard InChI is InChI=1S/C22H26N4O2S2/c1-2-19-23-21(20-17-10-6-7-11-18(17)29-22(20)24-19)25-12-14-26(15-13-25)30(27,28)16-8-4-3-5-9-16/h3-5,8-9H,2,6-7,10-15H2,1H3. The Labute approximate surface area is 181 Å². The Morgan fingerprint density at radius 1 is 1.00 bits per heavy atom. The van der Waals surface area contributed by atoms with Gasteiger partial charge in [0.25, 0.3) is 0 Å². The first kappa shape index (κ1) is 19.9. The number of nitrogens with zero attached hydrogens (tertiary/aromatic N) is 4. The number of rotatable bonds is 4. The highest BCUT2D eigenvalue weighted by atomic mass is 32.2. The fourth-order valence-electron chi connectivity index (χ4n) is 4.45. The van der Waals surface area contributed by atoms with Crippen LogP contribution in [0.4, 0.5) is 5.82 Å². The molecule has 3 heterocycles. The maximum Gasteiger partial charge on any atom is 0.243 e. The van der Waals surface area contributed by atoms with Crippen LogP contribution in [0.3, 0.4) is 0 Å². The lowest BCUT2D eigenvalue weighted by atomic mass is 9.97. The van der Waals surface area contributed by atoms with Gasteiger partial charge in [-0.25, -0.2) is 18.4 Å². The first-order valence-electron chi connectivity index (χ1n) is 10.7. The van der Waals surface area contributed by atoms with Crippen LogP contribution in [0.5, 0.6) is 0 Å². The Morgan fingerprint density at radius 3 is 2.47 bits per heavy atom. The van der Waals surface area contributed by atoms with Gasteiger partial charge in [-0.2, -0.15) is 4.31 Å². The Balaban J connectivity index is 1.46. The average Bonchev–Trinajstić information content (AvgIpc) is 3.17. The van der Waals surface area contributed by atoms with Crippen molar-refractivity contribution in [1.82, 2.24) is 14.3 Å². The second-order valence-corrected chi connectivity index (χ2v) is 10.9. The molecule has 0 amide bonds. The molecular formula is C22H26N4O2S2. The molecule has 1 aliphatic heterocycles. The topological polar surface area (TPSA) is 66.4 Å². The third kappa shape index (κ3) is 3.40. The van der Waals surface area contributed by atoms with E-state index in [0.29, 0.717) is 31.1 Å². The molecule has 0 radical (unpaired) electrons. The lowest BCUT2D eigenvalue weighted by molar-refractivity contribution is 0.384. The number of benzene rings is 1. The molecule has 0 saturated carbocycles. The van der Waals surface area contributed by atoms with Crippen LogP contribution in [0.25, 0.3) is 10.2 Å². The first-order chi connectivity index (χ1) is 14.6. The van der Waals surface area contributed by atoms with E-state index in [1.807, 2.05) is 17.4 Å². The van der Waals surface area contributed by atoms with E-state index in [1.165, 1.54) is 28.7 Å². The molecule has 1 aliphatic carbocycles. The molecule has 30 heavy (non-hydrogen) atoms. The smallest absolute Gasteiger partial charge is 0.243 e. The van der Waals surface area contributed by atoms with Crippen molar-refractivity contribution in [2.45, 2.75) is 43.9 Å². The van der Waals surface area contributed by atoms with Crippen LogP contribution >= 0.6 is 11.3 Å². The number of piperazine rings is 1. The van der Waals surface area contributed by atoms with Crippen LogP contribution < -0.4 is 4.90 Å². The molecule has 2 aromatic heterocycles. The molecular weight excluding hydrogens is 416 g/mol. The zero-order chi connectivity index (χ0) is 20.7. The summed E-state index contributed by atoms with van der Waals surface area (Å²) in [6.07, 6.45) is 5.50. The van der Waals surface area contributed by atoms with Crippen molar-refractivity contribution < 1.29 is 8.42 Å². The van der Waals surface area contributed by atoms with E-state index in [1.54, 1.807) is 28.6 Å². The number of aromatic nitrogens is 2. The second kappa shape index (κ2) is 7.90. The SMILES string of the molecule is CCc1nc(N2CCN(S(=O)(=O)c3ccccc3)CC2)c2c3c(sc2n1)CCCC3. The average molecular weight is 443 g/mol. The van der Waals surface area contributed by atoms with Crippen molar-refractivity contribution in [3.8, 4) is 0 Å². The van der Waals surface area contributed by atoms with Crippen LogP contribution in [0.15, 0.2) is 35.2 Å². The van der Waals surface area contributed by atoms with Crippen molar-refractivity contribution >= 4 is 37.4 Å². The minimum atomic E-state index is -3.45. The van der Waals surface area contributed by atoms with Crippen LogP contribution in [-0.4, -0.2) is 48.9 Å². The first-order valence-corrected chi connectivity index (χ1v) is 12.9. The lowest BCUT2D eigenvalue weighted by Gasteiger charge is -2.35. The summed E-state index contributed by atoms with van der Waals surface area (Å²) in [5.41, 5.74) is 1.43. The second-order valence-electron chi connectivity index (χ2n) is 7.91. The van der Waals surface area contributed by atoms with Crippen molar-refractivity contribution in [2.24, 2.45) is 0 Å². The molecule has 3 aromatic rings. The zero-order valence-electron chi connectivity index (χ0n) is 17.2. The molecule has 1 fully saturated rings. The van der Waals surface area contributed by atoms with Crippen molar-refractivity contribution in [2.75, 3.05) is 31.1 Å². The summed E-state index contributed by atoms with van der Waals surface area (Å²) >= 11 is 1.83. The summed E-state index contributed by atoms with van der Waals surface area (Å²) in [6, 6.07) is 8.71. The van der Waals surface area contributed by atoms with E-state index in [2.05, 4.69) is 11.8 Å². The van der Waals surface area contributed by atoms with E-state index in [-0.39, 0.29) is 0 Å². The fourth-order valence-corrected chi connectivity index (χ4v) is 7.17. The van der Waals surface area contributed by atoms with E-state index in [4.69, 9.17) is 9.97 Å². The minimum absolute atomic E-state index is 0.364. The molecule has 0 bridgehead atoms. The van der Waals surface area contributed by atoms with Gasteiger partial charge in [-0.05, 0) is 43.4 Å². The van der Waals surface area contributed by atoms with Gasteiger partial charge in [0.15, 0.2) is 0 Å². The monoisotopic (exact) mass is 442 g/mol. The number of anilines is 1. The Bertz CT molecular complexity index is 1170. The molecule has 158 valence electrons. The molecule has 0 unspecified atom stereocenters. The molecule has 0 N–H and O–H groups in total. The summed E-state index contributed by atoms with van der Waals surface area (Å²) in [7, 11) is -3.45. The highest BCUT2D eigenvalue weighted by Gasteiger charge is 2.31. The van der Waals surface area contributed by atoms with Crippen LogP contribution in [0.2, 0.25) is 0 Å². The minimum Gasteiger partial charge on any atom is -0.353 e. The number of sulfonamides is 1. The number of fused-ring (bicyclic) bond motifs is 3. The van der Waals surface area contributed by atoms with Gasteiger partial charge in [-0.1, -0.05) is 25.1 Å². The van der Waals surface area contributed by atoms with E-state index in [0.717, 1.165) is 35.7 Å². The number of hydrogen-bond donors (Lipinski definition) is 0. The third-order valence-corrected chi connectivity index (χ3v) is 9.18. The van der Waals surface area contributed by atoms with Gasteiger partial charge in [-0.15, -0.1) is 11.3 Å². The van der Waals surface area contributed by atoms with Crippen LogP contribution in [-0.2, 0) is 29.3 Å². The molecule has 0 spiro atoms. The van der Waals surface area contributed by atoms with E-state index < -0.39 is 10.0 Å². The summed E-state index contributed by atoms with van der Waals surface area (Å²) < 4.78 is 27.6. The molecule has 2 aliphatic rings. The van der Waals surface area contributed by atoms with Crippen LogP contribution in [0.1, 0.15) is 36.0 Å². The van der Waals surface area contributed by atoms with E-state index >= 15 is 0 Å². The third-order valence-electron chi connectivity index (χ3n) is 6.08. The predicted octanol–water partition coefficient (Wildman–Crippen LogP) is 3.64. The molecule has 6 nitrogen and oxygen atoms in total. The van der Waals surface area contributed by atoms with Gasteiger partial charge < -0.3 is 4.90 Å². The number of thiophene rings is 1. The maximum absolute atomic E-state index is 13.0. The molecule has 1 aromatic carbocycles. The normalized spacial score (nSPS) is 18.0. The summed E-state index contributed by atoms with van der Waals surface area (Å²) in [5.74, 6) is 1.88. The molecule has 5 rings (SSSR count). The van der Waals surface area contributed by atoms with Gasteiger partial charge in [0.1, 0.15) is 16.5 Å². The molecule has 8 heteroatoms. The summed E-state index contributed by atoms with van der Waals surface area (Å²) in [6.45, 7) is 4.31. The number of hydrogen-bond acceptors (Lipinski definition) is 6. The largest absolute Gasteiger partial charge is 0.353 e. The number of aryl methyl sites for hydroxylation is 3. The van der Waals surface area contributed by atoms with E-state index in [9.17, 15) is 8.42 Å². The highest BCUT2D eigenvalue weighted by Crippen LogP contribution is 2.40. The molecule has 1 saturated heterocycles. The Kier molecular flexibility index (Phi) is 5.24. The maximum atomic E-state index is 13.0. The van der Waals surface area contributed by atoms with Crippen molar-refractivity contribution in [3.63, 3.8) is 0 Å². The quantitative estimate of drug-likeness (QED) is 0.617. The summed E-state index contributed by atoms with van der Waals surface area (Å²) in [5, 5.41) is 1.21. The van der Waals surface area contributed by atoms with Crippen molar-refractivity contribution in [3.05, 3.63) is 46.6 Å². The summed E-state index contributed by atoms with van der Waals surface area (Å²) in [4.78, 5) is 14.9.